The van der Waals surface area contributed by atoms with Crippen LogP contribution in [0.5, 0.6) is 0 Å². The van der Waals surface area contributed by atoms with E-state index in [2.05, 4.69) is 99.0 Å². The van der Waals surface area contributed by atoms with E-state index in [9.17, 15) is 35.1 Å². The van der Waals surface area contributed by atoms with Gasteiger partial charge >= 0.3 is 5.97 Å². The van der Waals surface area contributed by atoms with Crippen LogP contribution in [0.2, 0.25) is 0 Å². The molecule has 8 unspecified atom stereocenters. The number of hydrogen-bond donors (Lipinski definition) is 6. The second kappa shape index (κ2) is 53.5. The summed E-state index contributed by atoms with van der Waals surface area (Å²) < 4.78 is 17.6. The number of carbonyl (C=O) groups excluding carboxylic acids is 2. The molecule has 11 heteroatoms. The molecule has 1 aliphatic heterocycles. The lowest BCUT2D eigenvalue weighted by Crippen LogP contribution is -2.61. The number of aliphatic hydroxyl groups is 5. The van der Waals surface area contributed by atoms with Crippen LogP contribution < -0.4 is 5.32 Å². The van der Waals surface area contributed by atoms with Crippen LogP contribution in [0.1, 0.15) is 258 Å². The Kier molecular flexibility index (Phi) is 49.9. The lowest BCUT2D eigenvalue weighted by molar-refractivity contribution is -0.305. The molecule has 6 N–H and O–H groups in total. The van der Waals surface area contributed by atoms with Crippen LogP contribution in [0, 0.1) is 0 Å². The summed E-state index contributed by atoms with van der Waals surface area (Å²) >= 11 is 0. The third-order valence-electron chi connectivity index (χ3n) is 14.3. The minimum Gasteiger partial charge on any atom is -0.454 e. The van der Waals surface area contributed by atoms with E-state index in [4.69, 9.17) is 14.2 Å². The van der Waals surface area contributed by atoms with E-state index in [-0.39, 0.29) is 19.4 Å². The van der Waals surface area contributed by atoms with Gasteiger partial charge in [0.05, 0.1) is 25.4 Å². The monoisotopic (exact) mass is 1080 g/mol. The summed E-state index contributed by atoms with van der Waals surface area (Å²) in [5.74, 6) is -1.22. The molecule has 0 bridgehead atoms. The molecule has 0 aliphatic carbocycles. The van der Waals surface area contributed by atoms with Gasteiger partial charge in [0.15, 0.2) is 12.4 Å². The number of amides is 1. The maximum absolute atomic E-state index is 13.4. The van der Waals surface area contributed by atoms with Gasteiger partial charge in [0.25, 0.3) is 0 Å². The third-order valence-corrected chi connectivity index (χ3v) is 14.3. The number of aliphatic hydroxyl groups excluding tert-OH is 5. The van der Waals surface area contributed by atoms with E-state index in [1.54, 1.807) is 6.08 Å². The SMILES string of the molecule is CC/C=C\C/C=C\C/C=C\C/C=C\C/C=C\CCCCCCCCC(O)C(=O)NC(COC1OC(CO)C(O)C(O)C1OC(=O)CCCCC/C=C\CCCCCCCCC)C(O)/C=C/CCCCCCCCCCCC. The lowest BCUT2D eigenvalue weighted by atomic mass is 9.99. The van der Waals surface area contributed by atoms with Gasteiger partial charge in [-0.15, -0.1) is 0 Å². The topological polar surface area (TPSA) is 175 Å². The zero-order valence-corrected chi connectivity index (χ0v) is 49.1. The van der Waals surface area contributed by atoms with Crippen molar-refractivity contribution < 1.29 is 49.3 Å². The molecule has 1 heterocycles. The molecule has 0 saturated carbocycles. The summed E-state index contributed by atoms with van der Waals surface area (Å²) in [4.78, 5) is 26.5. The molecule has 1 rings (SSSR count). The van der Waals surface area contributed by atoms with Gasteiger partial charge in [0.2, 0.25) is 5.91 Å². The van der Waals surface area contributed by atoms with Crippen LogP contribution >= 0.6 is 0 Å². The fourth-order valence-electron chi connectivity index (χ4n) is 9.32. The van der Waals surface area contributed by atoms with Gasteiger partial charge in [0.1, 0.15) is 24.4 Å². The highest BCUT2D eigenvalue weighted by Gasteiger charge is 2.47. The van der Waals surface area contributed by atoms with Gasteiger partial charge in [-0.2, -0.15) is 0 Å². The second-order valence-electron chi connectivity index (χ2n) is 21.4. The van der Waals surface area contributed by atoms with Crippen molar-refractivity contribution in [2.45, 2.75) is 307 Å². The third kappa shape index (κ3) is 41.5. The average Bonchev–Trinajstić information content (AvgIpc) is 3.43. The van der Waals surface area contributed by atoms with E-state index in [0.29, 0.717) is 12.8 Å². The van der Waals surface area contributed by atoms with Crippen LogP contribution in [-0.4, -0.2) is 99.6 Å². The molecular weight excluding hydrogens is 967 g/mol. The van der Waals surface area contributed by atoms with Crippen molar-refractivity contribution in [2.24, 2.45) is 0 Å². The van der Waals surface area contributed by atoms with Crippen LogP contribution in [0.25, 0.3) is 0 Å². The van der Waals surface area contributed by atoms with Crippen molar-refractivity contribution in [1.82, 2.24) is 5.32 Å². The fourth-order valence-corrected chi connectivity index (χ4v) is 9.32. The normalized spacial score (nSPS) is 19.6. The quantitative estimate of drug-likeness (QED) is 0.0195. The molecule has 0 radical (unpaired) electrons. The van der Waals surface area contributed by atoms with Crippen molar-refractivity contribution in [3.8, 4) is 0 Å². The molecule has 11 nitrogen and oxygen atoms in total. The van der Waals surface area contributed by atoms with Crippen molar-refractivity contribution in [1.29, 1.82) is 0 Å². The predicted molar refractivity (Wildman–Crippen MR) is 319 cm³/mol. The van der Waals surface area contributed by atoms with Gasteiger partial charge in [0, 0.05) is 6.42 Å². The van der Waals surface area contributed by atoms with Crippen LogP contribution in [0.3, 0.4) is 0 Å². The van der Waals surface area contributed by atoms with Gasteiger partial charge in [-0.05, 0) is 96.3 Å². The minimum atomic E-state index is -1.62. The summed E-state index contributed by atoms with van der Waals surface area (Å²) in [6, 6.07) is -1.04. The van der Waals surface area contributed by atoms with Gasteiger partial charge in [-0.1, -0.05) is 241 Å². The first-order valence-electron chi connectivity index (χ1n) is 31.4. The summed E-state index contributed by atoms with van der Waals surface area (Å²) in [6.45, 7) is 5.65. The first-order valence-corrected chi connectivity index (χ1v) is 31.4. The van der Waals surface area contributed by atoms with Crippen molar-refractivity contribution in [3.63, 3.8) is 0 Å². The Morgan fingerprint density at radius 1 is 0.519 bits per heavy atom. The Labute approximate surface area is 470 Å². The van der Waals surface area contributed by atoms with Crippen LogP contribution in [-0.2, 0) is 23.8 Å². The van der Waals surface area contributed by atoms with E-state index in [1.807, 2.05) is 6.08 Å². The first kappa shape index (κ1) is 71.9. The summed E-state index contributed by atoms with van der Waals surface area (Å²) in [6.07, 6.45) is 59.0. The van der Waals surface area contributed by atoms with Gasteiger partial charge in [-0.3, -0.25) is 9.59 Å². The maximum Gasteiger partial charge on any atom is 0.306 e. The zero-order valence-electron chi connectivity index (χ0n) is 49.1. The highest BCUT2D eigenvalue weighted by Crippen LogP contribution is 2.26. The van der Waals surface area contributed by atoms with Crippen molar-refractivity contribution in [3.05, 3.63) is 85.1 Å². The molecule has 444 valence electrons. The molecule has 77 heavy (non-hydrogen) atoms. The van der Waals surface area contributed by atoms with E-state index >= 15 is 0 Å². The largest absolute Gasteiger partial charge is 0.454 e. The Morgan fingerprint density at radius 2 is 0.935 bits per heavy atom. The molecule has 1 amide bonds. The molecule has 1 fully saturated rings. The molecule has 0 spiro atoms. The number of rotatable bonds is 52. The summed E-state index contributed by atoms with van der Waals surface area (Å²) in [5.41, 5.74) is 0. The number of unbranched alkanes of at least 4 members (excludes halogenated alkanes) is 26. The average molecular weight is 1080 g/mol. The smallest absolute Gasteiger partial charge is 0.306 e. The fraction of sp³-hybridized carbons (Fsp3) is 0.758. The molecule has 1 aliphatic rings. The predicted octanol–water partition coefficient (Wildman–Crippen LogP) is 14.9. The highest BCUT2D eigenvalue weighted by atomic mass is 16.7. The Bertz CT molecular complexity index is 1570. The molecule has 8 atom stereocenters. The zero-order chi connectivity index (χ0) is 56.1. The number of esters is 1. The Balaban J connectivity index is 2.68. The molecule has 0 aromatic rings. The minimum absolute atomic E-state index is 0.0993. The summed E-state index contributed by atoms with van der Waals surface area (Å²) in [5, 5.41) is 57.0. The number of nitrogens with one attached hydrogen (secondary N) is 1. The highest BCUT2D eigenvalue weighted by molar-refractivity contribution is 5.80. The molecule has 0 aromatic heterocycles. The molecule has 1 saturated heterocycles. The molecule has 0 aromatic carbocycles. The summed E-state index contributed by atoms with van der Waals surface area (Å²) in [7, 11) is 0. The van der Waals surface area contributed by atoms with Crippen LogP contribution in [0.15, 0.2) is 85.1 Å². The molecular formula is C66H115NO10. The van der Waals surface area contributed by atoms with E-state index in [1.165, 1.54) is 96.3 Å². The Hall–Kier alpha value is -3.16. The second-order valence-corrected chi connectivity index (χ2v) is 21.4. The standard InChI is InChI=1S/C66H115NO10/c1-4-7-10-13-16-19-22-25-27-28-29-30-31-32-33-34-35-38-41-44-47-50-53-59(70)65(74)67-57(58(69)52-49-46-43-40-37-24-21-18-15-12-9-6-3)56-75-66-64(63(73)62(72)60(55-68)76-66)77-61(71)54-51-48-45-42-39-36-26-23-20-17-14-11-8-5-2/h7,10,16,19,25,27,29-30,32-33,36,39,49,52,57-60,62-64,66,68-70,72-73H,4-6,8-9,11-15,17-18,20-24,26,28,31,34-35,37-38,40-48,50-51,53-56H2,1-3H3,(H,67,74)/b10-7-,19-16-,27-25-,30-29-,33-32-,39-36-,52-49+. The van der Waals surface area contributed by atoms with Crippen molar-refractivity contribution >= 4 is 11.9 Å². The Morgan fingerprint density at radius 3 is 1.42 bits per heavy atom. The van der Waals surface area contributed by atoms with Gasteiger partial charge < -0.3 is 45.1 Å². The number of carbonyl (C=O) groups is 2. The number of ether oxygens (including phenoxy) is 3. The van der Waals surface area contributed by atoms with Crippen molar-refractivity contribution in [2.75, 3.05) is 13.2 Å². The van der Waals surface area contributed by atoms with Gasteiger partial charge in [-0.25, -0.2) is 0 Å². The first-order chi connectivity index (χ1) is 37.7. The van der Waals surface area contributed by atoms with E-state index < -0.39 is 67.4 Å². The van der Waals surface area contributed by atoms with Crippen LogP contribution in [0.4, 0.5) is 0 Å². The van der Waals surface area contributed by atoms with E-state index in [0.717, 1.165) is 116 Å². The number of hydrogen-bond acceptors (Lipinski definition) is 10. The number of allylic oxidation sites excluding steroid dienone is 13. The maximum atomic E-state index is 13.4. The lowest BCUT2D eigenvalue weighted by Gasteiger charge is -2.41.